The Hall–Kier alpha value is -1.86. The molecule has 0 bridgehead atoms. The van der Waals surface area contributed by atoms with Crippen LogP contribution in [0.3, 0.4) is 0 Å². The number of hydrogen-bond donors (Lipinski definition) is 2. The summed E-state index contributed by atoms with van der Waals surface area (Å²) in [4.78, 5) is 13.5. The maximum absolute atomic E-state index is 13.1. The molecule has 0 aliphatic carbocycles. The zero-order valence-electron chi connectivity index (χ0n) is 13.8. The lowest BCUT2D eigenvalue weighted by molar-refractivity contribution is -0.919. The van der Waals surface area contributed by atoms with Crippen molar-refractivity contribution in [3.63, 3.8) is 0 Å². The molecule has 0 saturated carbocycles. The van der Waals surface area contributed by atoms with Gasteiger partial charge in [-0.2, -0.15) is 0 Å². The predicted molar refractivity (Wildman–Crippen MR) is 94.0 cm³/mol. The molecule has 1 aromatic heterocycles. The highest BCUT2D eigenvalue weighted by Crippen LogP contribution is 2.25. The van der Waals surface area contributed by atoms with Crippen molar-refractivity contribution in [3.05, 3.63) is 52.6 Å². The second-order valence-electron chi connectivity index (χ2n) is 6.10. The summed E-state index contributed by atoms with van der Waals surface area (Å²) < 4.78 is 24.5. The number of quaternary nitrogens is 1. The highest BCUT2D eigenvalue weighted by molar-refractivity contribution is 9.10. The zero-order chi connectivity index (χ0) is 17.6. The number of carbonyl (C=O) groups excluding carboxylic acids is 1. The van der Waals surface area contributed by atoms with Crippen LogP contribution < -0.4 is 15.0 Å². The van der Waals surface area contributed by atoms with E-state index in [1.807, 2.05) is 12.1 Å². The molecule has 1 aliphatic rings. The van der Waals surface area contributed by atoms with Gasteiger partial charge in [-0.05, 0) is 46.3 Å². The van der Waals surface area contributed by atoms with Crippen molar-refractivity contribution in [2.45, 2.75) is 18.9 Å². The second-order valence-corrected chi connectivity index (χ2v) is 6.96. The largest absolute Gasteiger partial charge is 0.483 e. The van der Waals surface area contributed by atoms with Crippen molar-refractivity contribution in [3.8, 4) is 5.75 Å². The molecule has 25 heavy (non-hydrogen) atoms. The van der Waals surface area contributed by atoms with Crippen molar-refractivity contribution in [2.24, 2.45) is 0 Å². The van der Waals surface area contributed by atoms with E-state index in [-0.39, 0.29) is 24.4 Å². The summed E-state index contributed by atoms with van der Waals surface area (Å²) in [5.41, 5.74) is 0. The normalized spacial score (nSPS) is 15.9. The quantitative estimate of drug-likeness (QED) is 0.733. The van der Waals surface area contributed by atoms with Crippen molar-refractivity contribution in [1.29, 1.82) is 0 Å². The number of hydrogen-bond acceptors (Lipinski definition) is 3. The number of furan rings is 1. The molecule has 5 nitrogen and oxygen atoms in total. The van der Waals surface area contributed by atoms with Crippen LogP contribution in [-0.4, -0.2) is 32.1 Å². The van der Waals surface area contributed by atoms with Crippen LogP contribution in [0.2, 0.25) is 0 Å². The lowest BCUT2D eigenvalue weighted by atomic mass is 10.2. The fourth-order valence-corrected chi connectivity index (χ4v) is 3.58. The molecular weight excluding hydrogens is 391 g/mol. The molecular formula is C18H21BrFN2O3+. The monoisotopic (exact) mass is 411 g/mol. The number of rotatable bonds is 7. The van der Waals surface area contributed by atoms with E-state index < -0.39 is 0 Å². The molecule has 0 unspecified atom stereocenters. The van der Waals surface area contributed by atoms with Crippen LogP contribution >= 0.6 is 15.9 Å². The Morgan fingerprint density at radius 3 is 2.84 bits per heavy atom. The first kappa shape index (κ1) is 17.9. The molecule has 1 atom stereocenters. The summed E-state index contributed by atoms with van der Waals surface area (Å²) in [5, 5.41) is 2.91. The highest BCUT2D eigenvalue weighted by atomic mass is 79.9. The van der Waals surface area contributed by atoms with Gasteiger partial charge in [0.25, 0.3) is 5.91 Å². The predicted octanol–water partition coefficient (Wildman–Crippen LogP) is 2.10. The molecule has 3 rings (SSSR count). The molecule has 7 heteroatoms. The molecule has 0 spiro atoms. The summed E-state index contributed by atoms with van der Waals surface area (Å²) in [7, 11) is 0. The number of amides is 1. The average Bonchev–Trinajstić information content (AvgIpc) is 3.28. The summed E-state index contributed by atoms with van der Waals surface area (Å²) >= 11 is 3.22. The molecule has 2 aromatic rings. The van der Waals surface area contributed by atoms with Crippen molar-refractivity contribution in [1.82, 2.24) is 5.32 Å². The SMILES string of the molecule is O=C(COc1ccc(F)cc1Br)NC[C@@H](c1ccco1)[NH+]1CCCC1. The molecule has 0 radical (unpaired) electrons. The van der Waals surface area contributed by atoms with Gasteiger partial charge in [0.2, 0.25) is 0 Å². The van der Waals surface area contributed by atoms with Gasteiger partial charge in [-0.3, -0.25) is 4.79 Å². The Kier molecular flexibility index (Phi) is 6.09. The molecule has 1 saturated heterocycles. The first-order valence-electron chi connectivity index (χ1n) is 8.36. The van der Waals surface area contributed by atoms with Crippen LogP contribution in [-0.2, 0) is 4.79 Å². The van der Waals surface area contributed by atoms with Crippen molar-refractivity contribution >= 4 is 21.8 Å². The van der Waals surface area contributed by atoms with Gasteiger partial charge < -0.3 is 19.4 Å². The molecule has 1 aliphatic heterocycles. The van der Waals surface area contributed by atoms with Gasteiger partial charge in [0.1, 0.15) is 11.6 Å². The lowest BCUT2D eigenvalue weighted by Gasteiger charge is -2.23. The van der Waals surface area contributed by atoms with Crippen LogP contribution in [0, 0.1) is 5.82 Å². The minimum absolute atomic E-state index is 0.110. The van der Waals surface area contributed by atoms with E-state index in [9.17, 15) is 9.18 Å². The van der Waals surface area contributed by atoms with Gasteiger partial charge >= 0.3 is 0 Å². The summed E-state index contributed by atoms with van der Waals surface area (Å²) in [5.74, 6) is 0.744. The van der Waals surface area contributed by atoms with Crippen LogP contribution in [0.1, 0.15) is 24.6 Å². The average molecular weight is 412 g/mol. The fraction of sp³-hybridized carbons (Fsp3) is 0.389. The van der Waals surface area contributed by atoms with E-state index >= 15 is 0 Å². The van der Waals surface area contributed by atoms with Crippen molar-refractivity contribution < 1.29 is 23.2 Å². The standard InChI is InChI=1S/C18H20BrFN2O3/c19-14-10-13(20)5-6-16(14)25-12-18(23)21-11-15(17-4-3-9-24-17)22-7-1-2-8-22/h3-6,9-10,15H,1-2,7-8,11-12H2,(H,21,23)/p+1/t15-/m0/s1. The van der Waals surface area contributed by atoms with Crippen molar-refractivity contribution in [2.75, 3.05) is 26.2 Å². The Bertz CT molecular complexity index is 702. The minimum atomic E-state index is -0.362. The van der Waals surface area contributed by atoms with Gasteiger partial charge in [0, 0.05) is 12.8 Å². The summed E-state index contributed by atoms with van der Waals surface area (Å²) in [6.45, 7) is 2.54. The highest BCUT2D eigenvalue weighted by Gasteiger charge is 2.29. The smallest absolute Gasteiger partial charge is 0.258 e. The molecule has 1 fully saturated rings. The third-order valence-corrected chi connectivity index (χ3v) is 5.00. The number of nitrogens with one attached hydrogen (secondary N) is 2. The number of benzene rings is 1. The van der Waals surface area contributed by atoms with E-state index in [2.05, 4.69) is 21.2 Å². The van der Waals surface area contributed by atoms with Gasteiger partial charge in [0.15, 0.2) is 18.4 Å². The molecule has 134 valence electrons. The minimum Gasteiger partial charge on any atom is -0.483 e. The second kappa shape index (κ2) is 8.49. The third kappa shape index (κ3) is 4.83. The van der Waals surface area contributed by atoms with Crippen LogP contribution in [0.25, 0.3) is 0 Å². The van der Waals surface area contributed by atoms with Gasteiger partial charge in [0.05, 0.1) is 30.4 Å². The number of carbonyl (C=O) groups is 1. The molecule has 2 heterocycles. The fourth-order valence-electron chi connectivity index (χ4n) is 3.12. The van der Waals surface area contributed by atoms with E-state index in [0.29, 0.717) is 16.8 Å². The van der Waals surface area contributed by atoms with Crippen LogP contribution in [0.15, 0.2) is 45.5 Å². The topological polar surface area (TPSA) is 55.9 Å². The maximum atomic E-state index is 13.1. The molecule has 2 N–H and O–H groups in total. The number of halogens is 2. The van der Waals surface area contributed by atoms with Gasteiger partial charge in [-0.25, -0.2) is 4.39 Å². The van der Waals surface area contributed by atoms with Gasteiger partial charge in [-0.1, -0.05) is 0 Å². The number of likely N-dealkylation sites (tertiary alicyclic amines) is 1. The first-order valence-corrected chi connectivity index (χ1v) is 9.15. The van der Waals surface area contributed by atoms with E-state index in [0.717, 1.165) is 18.8 Å². The Morgan fingerprint density at radius 2 is 2.16 bits per heavy atom. The van der Waals surface area contributed by atoms with E-state index in [1.165, 1.54) is 35.9 Å². The lowest BCUT2D eigenvalue weighted by Crippen LogP contribution is -3.11. The van der Waals surface area contributed by atoms with E-state index in [1.54, 1.807) is 6.26 Å². The van der Waals surface area contributed by atoms with E-state index in [4.69, 9.17) is 9.15 Å². The van der Waals surface area contributed by atoms with Crippen LogP contribution in [0.4, 0.5) is 4.39 Å². The summed E-state index contributed by atoms with van der Waals surface area (Å²) in [6.07, 6.45) is 4.05. The van der Waals surface area contributed by atoms with Crippen LogP contribution in [0.5, 0.6) is 5.75 Å². The zero-order valence-corrected chi connectivity index (χ0v) is 15.4. The number of ether oxygens (including phenoxy) is 1. The maximum Gasteiger partial charge on any atom is 0.258 e. The molecule has 1 amide bonds. The Labute approximate surface area is 154 Å². The Morgan fingerprint density at radius 1 is 1.36 bits per heavy atom. The molecule has 1 aromatic carbocycles. The Balaban J connectivity index is 1.53. The summed E-state index contributed by atoms with van der Waals surface area (Å²) in [6, 6.07) is 8.02. The first-order chi connectivity index (χ1) is 12.1. The third-order valence-electron chi connectivity index (χ3n) is 4.38. The van der Waals surface area contributed by atoms with Gasteiger partial charge in [-0.15, -0.1) is 0 Å².